The van der Waals surface area contributed by atoms with Crippen molar-refractivity contribution in [2.75, 3.05) is 13.2 Å². The van der Waals surface area contributed by atoms with Gasteiger partial charge in [-0.25, -0.2) is 4.39 Å². The van der Waals surface area contributed by atoms with Crippen LogP contribution in [0.2, 0.25) is 0 Å². The van der Waals surface area contributed by atoms with Crippen LogP contribution in [-0.4, -0.2) is 19.3 Å². The van der Waals surface area contributed by atoms with Gasteiger partial charge in [0.05, 0.1) is 0 Å². The maximum atomic E-state index is 11.0. The van der Waals surface area contributed by atoms with Crippen LogP contribution >= 0.6 is 0 Å². The van der Waals surface area contributed by atoms with Crippen LogP contribution in [0.25, 0.3) is 0 Å². The minimum Gasteiger partial charge on any atom is -0.530 e. The number of hydrogen-bond donors (Lipinski definition) is 1. The van der Waals surface area contributed by atoms with Crippen molar-refractivity contribution in [2.45, 2.75) is 0 Å². The Hall–Kier alpha value is -0.800. The third-order valence-corrected chi connectivity index (χ3v) is 0.364. The normalized spacial score (nSPS) is 8.14. The molecule has 0 saturated heterocycles. The second kappa shape index (κ2) is 3.39. The second-order valence-corrected chi connectivity index (χ2v) is 0.903. The summed E-state index contributed by atoms with van der Waals surface area (Å²) in [5.74, 6) is 0. The van der Waals surface area contributed by atoms with Gasteiger partial charge >= 0.3 is 0 Å². The van der Waals surface area contributed by atoms with Crippen LogP contribution < -0.4 is 10.4 Å². The van der Waals surface area contributed by atoms with E-state index < -0.39 is 12.8 Å². The number of carbonyl (C=O) groups excluding carboxylic acids is 1. The fraction of sp³-hybridized carbons (Fsp3) is 0.667. The number of rotatable bonds is 2. The largest absolute Gasteiger partial charge is 0.530 e. The molecule has 0 rings (SSSR count). The van der Waals surface area contributed by atoms with E-state index in [4.69, 9.17) is 0 Å². The summed E-state index contributed by atoms with van der Waals surface area (Å²) in [5, 5.41) is 11.1. The molecule has 0 aromatic rings. The molecule has 0 aliphatic heterocycles. The topological polar surface area (TPSA) is 52.2 Å². The standard InChI is InChI=1S/C3H6FNO2/c4-1-2-5-3(6)7/h5H,1-2H2,(H,6,7)/p-1. The lowest BCUT2D eigenvalue weighted by Crippen LogP contribution is -2.37. The number of carboxylic acid groups (broad SMARTS) is 1. The summed E-state index contributed by atoms with van der Waals surface area (Å²) in [4.78, 5) is 9.37. The fourth-order valence-corrected chi connectivity index (χ4v) is 0.149. The molecule has 1 N–H and O–H groups in total. The Labute approximate surface area is 40.1 Å². The van der Waals surface area contributed by atoms with Gasteiger partial charge < -0.3 is 15.2 Å². The van der Waals surface area contributed by atoms with Crippen LogP contribution in [0.5, 0.6) is 0 Å². The average Bonchev–Trinajstić information content (AvgIpc) is 1.61. The highest BCUT2D eigenvalue weighted by Gasteiger charge is 1.78. The lowest BCUT2D eigenvalue weighted by atomic mass is 10.7. The summed E-state index contributed by atoms with van der Waals surface area (Å²) in [7, 11) is 0. The lowest BCUT2D eigenvalue weighted by Gasteiger charge is -1.99. The summed E-state index contributed by atoms with van der Waals surface area (Å²) in [6.45, 7) is -0.865. The molecule has 0 spiro atoms. The van der Waals surface area contributed by atoms with E-state index in [1.165, 1.54) is 0 Å². The van der Waals surface area contributed by atoms with E-state index in [9.17, 15) is 14.3 Å². The van der Waals surface area contributed by atoms with Gasteiger partial charge in [-0.3, -0.25) is 0 Å². The summed E-state index contributed by atoms with van der Waals surface area (Å²) in [6, 6.07) is 0. The third kappa shape index (κ3) is 5.20. The maximum Gasteiger partial charge on any atom is 0.134 e. The SMILES string of the molecule is O=C([O-])NCCF. The highest BCUT2D eigenvalue weighted by atomic mass is 19.1. The van der Waals surface area contributed by atoms with Gasteiger partial charge in [0.1, 0.15) is 12.8 Å². The van der Waals surface area contributed by atoms with Gasteiger partial charge in [0.15, 0.2) is 0 Å². The molecular formula is C3H5FNO2-. The molecule has 3 nitrogen and oxygen atoms in total. The van der Waals surface area contributed by atoms with Crippen molar-refractivity contribution in [1.82, 2.24) is 5.32 Å². The van der Waals surface area contributed by atoms with Gasteiger partial charge in [0.2, 0.25) is 0 Å². The summed E-state index contributed by atoms with van der Waals surface area (Å²) in [5.41, 5.74) is 0. The molecule has 0 atom stereocenters. The summed E-state index contributed by atoms with van der Waals surface area (Å²) in [6.07, 6.45) is -1.43. The molecule has 0 aromatic heterocycles. The number of nitrogens with one attached hydrogen (secondary N) is 1. The molecule has 0 saturated carbocycles. The number of carbonyl (C=O) groups is 1. The number of alkyl halides is 1. The third-order valence-electron chi connectivity index (χ3n) is 0.364. The zero-order chi connectivity index (χ0) is 5.70. The van der Waals surface area contributed by atoms with Gasteiger partial charge in [-0.2, -0.15) is 0 Å². The van der Waals surface area contributed by atoms with Crippen LogP contribution in [0, 0.1) is 0 Å². The molecule has 0 fully saturated rings. The first kappa shape index (κ1) is 6.20. The number of halogens is 1. The lowest BCUT2D eigenvalue weighted by molar-refractivity contribution is -0.250. The van der Waals surface area contributed by atoms with E-state index in [-0.39, 0.29) is 6.54 Å². The van der Waals surface area contributed by atoms with Crippen molar-refractivity contribution in [2.24, 2.45) is 0 Å². The predicted octanol–water partition coefficient (Wildman–Crippen LogP) is -1.11. The van der Waals surface area contributed by atoms with E-state index in [2.05, 4.69) is 0 Å². The van der Waals surface area contributed by atoms with Gasteiger partial charge in [-0.05, 0) is 0 Å². The Morgan fingerprint density at radius 2 is 2.43 bits per heavy atom. The smallest absolute Gasteiger partial charge is 0.134 e. The molecule has 0 bridgehead atoms. The molecule has 0 radical (unpaired) electrons. The Bertz CT molecular complexity index is 66.0. The van der Waals surface area contributed by atoms with E-state index in [0.29, 0.717) is 0 Å². The molecule has 1 amide bonds. The highest BCUT2D eigenvalue weighted by Crippen LogP contribution is 1.59. The monoisotopic (exact) mass is 106 g/mol. The number of hydrogen-bond acceptors (Lipinski definition) is 2. The van der Waals surface area contributed by atoms with Crippen LogP contribution in [-0.2, 0) is 0 Å². The average molecular weight is 106 g/mol. The molecule has 0 heterocycles. The van der Waals surface area contributed by atoms with Crippen LogP contribution in [0.1, 0.15) is 0 Å². The number of amides is 1. The Morgan fingerprint density at radius 1 is 1.86 bits per heavy atom. The van der Waals surface area contributed by atoms with Gasteiger partial charge in [-0.1, -0.05) is 0 Å². The Kier molecular flexibility index (Phi) is 3.00. The predicted molar refractivity (Wildman–Crippen MR) is 19.4 cm³/mol. The fourth-order valence-electron chi connectivity index (χ4n) is 0.149. The quantitative estimate of drug-likeness (QED) is 0.485. The molecule has 0 aromatic carbocycles. The Balaban J connectivity index is 2.82. The first-order chi connectivity index (χ1) is 3.27. The Morgan fingerprint density at radius 3 is 2.57 bits per heavy atom. The molecule has 4 heteroatoms. The van der Waals surface area contributed by atoms with Crippen molar-refractivity contribution in [3.63, 3.8) is 0 Å². The van der Waals surface area contributed by atoms with E-state index >= 15 is 0 Å². The van der Waals surface area contributed by atoms with E-state index in [1.54, 1.807) is 5.32 Å². The van der Waals surface area contributed by atoms with Crippen molar-refractivity contribution in [3.05, 3.63) is 0 Å². The zero-order valence-electron chi connectivity index (χ0n) is 3.61. The van der Waals surface area contributed by atoms with Gasteiger partial charge in [0, 0.05) is 6.54 Å². The minimum absolute atomic E-state index is 0.178. The van der Waals surface area contributed by atoms with Crippen LogP contribution in [0.15, 0.2) is 0 Å². The minimum atomic E-state index is -1.43. The molecular weight excluding hydrogens is 101 g/mol. The van der Waals surface area contributed by atoms with Gasteiger partial charge in [-0.15, -0.1) is 0 Å². The van der Waals surface area contributed by atoms with Crippen LogP contribution in [0.4, 0.5) is 9.18 Å². The van der Waals surface area contributed by atoms with E-state index in [1.807, 2.05) is 0 Å². The summed E-state index contributed by atoms with van der Waals surface area (Å²) >= 11 is 0. The highest BCUT2D eigenvalue weighted by molar-refractivity contribution is 5.61. The summed E-state index contributed by atoms with van der Waals surface area (Å²) < 4.78 is 11.0. The maximum absolute atomic E-state index is 11.0. The van der Waals surface area contributed by atoms with Crippen molar-refractivity contribution in [3.8, 4) is 0 Å². The molecule has 0 aliphatic carbocycles. The molecule has 0 aliphatic rings. The first-order valence-electron chi connectivity index (χ1n) is 1.78. The van der Waals surface area contributed by atoms with Gasteiger partial charge in [0.25, 0.3) is 0 Å². The molecule has 42 valence electrons. The second-order valence-electron chi connectivity index (χ2n) is 0.903. The van der Waals surface area contributed by atoms with Crippen molar-refractivity contribution >= 4 is 6.09 Å². The molecule has 7 heavy (non-hydrogen) atoms. The zero-order valence-corrected chi connectivity index (χ0v) is 3.61. The van der Waals surface area contributed by atoms with Crippen LogP contribution in [0.3, 0.4) is 0 Å². The van der Waals surface area contributed by atoms with Crippen molar-refractivity contribution < 1.29 is 14.3 Å². The van der Waals surface area contributed by atoms with E-state index in [0.717, 1.165) is 0 Å². The van der Waals surface area contributed by atoms with Crippen molar-refractivity contribution in [1.29, 1.82) is 0 Å². The molecule has 0 unspecified atom stereocenters. The first-order valence-corrected chi connectivity index (χ1v) is 1.78.